The predicted molar refractivity (Wildman–Crippen MR) is 71.5 cm³/mol. The molecule has 3 heterocycles. The maximum absolute atomic E-state index is 10.6. The zero-order valence-corrected chi connectivity index (χ0v) is 11.1. The Morgan fingerprint density at radius 3 is 2.50 bits per heavy atom. The van der Waals surface area contributed by atoms with E-state index < -0.39 is 4.92 Å². The van der Waals surface area contributed by atoms with Crippen molar-refractivity contribution in [2.75, 3.05) is 31.2 Å². The third-order valence-electron chi connectivity index (χ3n) is 3.84. The van der Waals surface area contributed by atoms with Gasteiger partial charge in [-0.1, -0.05) is 0 Å². The number of nitrogens with zero attached hydrogens (tertiary/aromatic N) is 3. The van der Waals surface area contributed by atoms with Crippen molar-refractivity contribution >= 4 is 11.5 Å². The Kier molecular flexibility index (Phi) is 3.79. The highest BCUT2D eigenvalue weighted by Gasteiger charge is 2.30. The van der Waals surface area contributed by atoms with Crippen molar-refractivity contribution in [3.05, 3.63) is 28.4 Å². The molecule has 0 aliphatic carbocycles. The first-order chi connectivity index (χ1) is 9.74. The molecule has 1 aromatic rings. The van der Waals surface area contributed by atoms with Gasteiger partial charge in [-0.05, 0) is 18.9 Å². The first-order valence-corrected chi connectivity index (χ1v) is 6.82. The molecule has 2 fully saturated rings. The zero-order valence-electron chi connectivity index (χ0n) is 11.1. The van der Waals surface area contributed by atoms with Crippen LogP contribution in [-0.4, -0.2) is 42.5 Å². The van der Waals surface area contributed by atoms with Crippen molar-refractivity contribution < 1.29 is 14.4 Å². The summed E-state index contributed by atoms with van der Waals surface area (Å²) in [5, 5.41) is 10.6. The topological polar surface area (TPSA) is 77.7 Å². The summed E-state index contributed by atoms with van der Waals surface area (Å²) in [4.78, 5) is 16.5. The minimum absolute atomic E-state index is 0.0244. The third-order valence-corrected chi connectivity index (χ3v) is 3.84. The van der Waals surface area contributed by atoms with Crippen molar-refractivity contribution in [2.45, 2.75) is 19.1 Å². The highest BCUT2D eigenvalue weighted by Crippen LogP contribution is 2.28. The van der Waals surface area contributed by atoms with Gasteiger partial charge in [-0.15, -0.1) is 0 Å². The second-order valence-corrected chi connectivity index (χ2v) is 5.07. The molecule has 108 valence electrons. The number of ether oxygens (including phenoxy) is 2. The molecular weight excluding hydrogens is 262 g/mol. The first-order valence-electron chi connectivity index (χ1n) is 6.82. The molecule has 2 saturated heterocycles. The quantitative estimate of drug-likeness (QED) is 0.617. The number of pyridine rings is 1. The van der Waals surface area contributed by atoms with E-state index in [4.69, 9.17) is 9.47 Å². The molecule has 0 unspecified atom stereocenters. The van der Waals surface area contributed by atoms with Crippen molar-refractivity contribution in [1.82, 2.24) is 4.98 Å². The van der Waals surface area contributed by atoms with E-state index in [2.05, 4.69) is 9.88 Å². The number of piperidine rings is 1. The molecule has 0 radical (unpaired) electrons. The molecule has 0 bridgehead atoms. The van der Waals surface area contributed by atoms with Crippen molar-refractivity contribution in [3.8, 4) is 0 Å². The Bertz CT molecular complexity index is 465. The molecule has 0 amide bonds. The van der Waals surface area contributed by atoms with Gasteiger partial charge >= 0.3 is 0 Å². The van der Waals surface area contributed by atoms with E-state index in [0.29, 0.717) is 19.1 Å². The van der Waals surface area contributed by atoms with Crippen LogP contribution in [0.1, 0.15) is 12.8 Å². The number of nitro groups is 1. The molecule has 2 aliphatic heterocycles. The van der Waals surface area contributed by atoms with Crippen LogP contribution in [0, 0.1) is 16.0 Å². The van der Waals surface area contributed by atoms with Gasteiger partial charge < -0.3 is 14.4 Å². The number of rotatable bonds is 3. The zero-order chi connectivity index (χ0) is 13.9. The monoisotopic (exact) mass is 279 g/mol. The van der Waals surface area contributed by atoms with E-state index in [1.54, 1.807) is 6.07 Å². The number of hydrogen-bond donors (Lipinski definition) is 0. The minimum Gasteiger partial charge on any atom is -0.357 e. The summed E-state index contributed by atoms with van der Waals surface area (Å²) in [5.74, 6) is 1.23. The van der Waals surface area contributed by atoms with Crippen LogP contribution in [0.25, 0.3) is 0 Å². The molecular formula is C13H17N3O4. The van der Waals surface area contributed by atoms with Crippen LogP contribution in [0.3, 0.4) is 0 Å². The lowest BCUT2D eigenvalue weighted by atomic mass is 9.96. The first kappa shape index (κ1) is 13.3. The van der Waals surface area contributed by atoms with Gasteiger partial charge in [0.05, 0.1) is 18.1 Å². The lowest BCUT2D eigenvalue weighted by Gasteiger charge is -2.34. The van der Waals surface area contributed by atoms with Crippen LogP contribution in [0.2, 0.25) is 0 Å². The summed E-state index contributed by atoms with van der Waals surface area (Å²) in [6, 6.07) is 3.21. The molecule has 0 aromatic carbocycles. The summed E-state index contributed by atoms with van der Waals surface area (Å²) in [6.45, 7) is 3.13. The van der Waals surface area contributed by atoms with Crippen molar-refractivity contribution in [3.63, 3.8) is 0 Å². The lowest BCUT2D eigenvalue weighted by molar-refractivity contribution is -0.385. The van der Waals surface area contributed by atoms with Gasteiger partial charge in [-0.2, -0.15) is 0 Å². The number of anilines is 1. The van der Waals surface area contributed by atoms with E-state index in [1.807, 2.05) is 0 Å². The van der Waals surface area contributed by atoms with Crippen LogP contribution in [0.15, 0.2) is 18.3 Å². The van der Waals surface area contributed by atoms with Crippen molar-refractivity contribution in [2.24, 2.45) is 5.92 Å². The number of aromatic nitrogens is 1. The fourth-order valence-electron chi connectivity index (χ4n) is 2.72. The van der Waals surface area contributed by atoms with E-state index in [1.165, 1.54) is 12.3 Å². The Labute approximate surface area is 116 Å². The average molecular weight is 279 g/mol. The highest BCUT2D eigenvalue weighted by atomic mass is 16.7. The third kappa shape index (κ3) is 2.73. The van der Waals surface area contributed by atoms with Crippen LogP contribution in [-0.2, 0) is 9.47 Å². The molecule has 7 heteroatoms. The summed E-state index contributed by atoms with van der Waals surface area (Å²) in [7, 11) is 0. The van der Waals surface area contributed by atoms with E-state index in [9.17, 15) is 10.1 Å². The smallest absolute Gasteiger partial charge is 0.287 e. The SMILES string of the molecule is O=[N+]([O-])c1ccc(N2CCC(C3OCCO3)CC2)nc1. The van der Waals surface area contributed by atoms with Gasteiger partial charge in [-0.3, -0.25) is 10.1 Å². The maximum atomic E-state index is 10.6. The Morgan fingerprint density at radius 2 is 1.95 bits per heavy atom. The van der Waals surface area contributed by atoms with Gasteiger partial charge in [0.25, 0.3) is 5.69 Å². The molecule has 2 aliphatic rings. The van der Waals surface area contributed by atoms with Gasteiger partial charge in [0.2, 0.25) is 0 Å². The summed E-state index contributed by atoms with van der Waals surface area (Å²) in [6.07, 6.45) is 3.24. The van der Waals surface area contributed by atoms with Gasteiger partial charge in [0, 0.05) is 25.1 Å². The van der Waals surface area contributed by atoms with Crippen LogP contribution in [0.4, 0.5) is 11.5 Å². The fraction of sp³-hybridized carbons (Fsp3) is 0.615. The molecule has 3 rings (SSSR count). The Hall–Kier alpha value is -1.73. The molecule has 20 heavy (non-hydrogen) atoms. The average Bonchev–Trinajstić information content (AvgIpc) is 3.02. The fourth-order valence-corrected chi connectivity index (χ4v) is 2.72. The molecule has 0 N–H and O–H groups in total. The normalized spacial score (nSPS) is 21.3. The molecule has 0 saturated carbocycles. The maximum Gasteiger partial charge on any atom is 0.287 e. The van der Waals surface area contributed by atoms with E-state index in [0.717, 1.165) is 31.7 Å². The highest BCUT2D eigenvalue weighted by molar-refractivity contribution is 5.43. The number of hydrogen-bond acceptors (Lipinski definition) is 6. The van der Waals surface area contributed by atoms with Gasteiger partial charge in [0.15, 0.2) is 6.29 Å². The lowest BCUT2D eigenvalue weighted by Crippen LogP contribution is -2.38. The minimum atomic E-state index is -0.433. The predicted octanol–water partition coefficient (Wildman–Crippen LogP) is 1.58. The van der Waals surface area contributed by atoms with Crippen molar-refractivity contribution in [1.29, 1.82) is 0 Å². The Morgan fingerprint density at radius 1 is 1.25 bits per heavy atom. The Balaban J connectivity index is 1.58. The summed E-state index contributed by atoms with van der Waals surface area (Å²) < 4.78 is 11.1. The van der Waals surface area contributed by atoms with Gasteiger partial charge in [-0.25, -0.2) is 4.98 Å². The molecule has 7 nitrogen and oxygen atoms in total. The molecule has 1 aromatic heterocycles. The second-order valence-electron chi connectivity index (χ2n) is 5.07. The van der Waals surface area contributed by atoms with Crippen LogP contribution < -0.4 is 4.90 Å². The van der Waals surface area contributed by atoms with E-state index >= 15 is 0 Å². The molecule has 0 spiro atoms. The molecule has 0 atom stereocenters. The largest absolute Gasteiger partial charge is 0.357 e. The van der Waals surface area contributed by atoms with Crippen LogP contribution >= 0.6 is 0 Å². The summed E-state index contributed by atoms with van der Waals surface area (Å²) >= 11 is 0. The van der Waals surface area contributed by atoms with Gasteiger partial charge in [0.1, 0.15) is 12.0 Å². The van der Waals surface area contributed by atoms with E-state index in [-0.39, 0.29) is 12.0 Å². The van der Waals surface area contributed by atoms with Crippen LogP contribution in [0.5, 0.6) is 0 Å². The summed E-state index contributed by atoms with van der Waals surface area (Å²) in [5.41, 5.74) is 0.0244. The second kappa shape index (κ2) is 5.72. The standard InChI is InChI=1S/C13H17N3O4/c17-16(18)11-1-2-12(14-9-11)15-5-3-10(4-6-15)13-19-7-8-20-13/h1-2,9-10,13H,3-8H2.